The van der Waals surface area contributed by atoms with Crippen LogP contribution < -0.4 is 9.47 Å². The first kappa shape index (κ1) is 24.7. The molecule has 172 valence electrons. The second-order valence-corrected chi connectivity index (χ2v) is 9.23. The average molecular weight is 498 g/mol. The maximum atomic E-state index is 10.1. The molecule has 1 aromatic heterocycles. The van der Waals surface area contributed by atoms with Gasteiger partial charge in [-0.15, -0.1) is 11.6 Å². The fraction of sp³-hybridized carbons (Fsp3) is 0.375. The van der Waals surface area contributed by atoms with Crippen molar-refractivity contribution in [1.82, 2.24) is 9.55 Å². The van der Waals surface area contributed by atoms with Crippen LogP contribution >= 0.6 is 34.8 Å². The Labute approximate surface area is 203 Å². The summed E-state index contributed by atoms with van der Waals surface area (Å²) in [5.74, 6) is 1.69. The number of aromatic nitrogens is 2. The number of aliphatic hydroxyl groups is 1. The second kappa shape index (κ2) is 11.3. The topological polar surface area (TPSA) is 56.5 Å². The van der Waals surface area contributed by atoms with Crippen LogP contribution in [-0.4, -0.2) is 39.9 Å². The Morgan fingerprint density at radius 3 is 2.34 bits per heavy atom. The number of halogens is 3. The van der Waals surface area contributed by atoms with Crippen LogP contribution in [0.3, 0.4) is 0 Å². The maximum Gasteiger partial charge on any atom is 0.156 e. The summed E-state index contributed by atoms with van der Waals surface area (Å²) < 4.78 is 13.2. The number of ether oxygens (including phenoxy) is 2. The molecular weight excluding hydrogens is 471 g/mol. The van der Waals surface area contributed by atoms with Gasteiger partial charge < -0.3 is 19.1 Å². The van der Waals surface area contributed by atoms with Crippen LogP contribution in [0, 0.1) is 0 Å². The summed E-state index contributed by atoms with van der Waals surface area (Å²) in [5.41, 5.74) is 1.70. The van der Waals surface area contributed by atoms with Crippen molar-refractivity contribution in [2.24, 2.45) is 0 Å². The normalized spacial score (nSPS) is 12.6. The number of alkyl halides is 1. The van der Waals surface area contributed by atoms with E-state index in [0.717, 1.165) is 17.5 Å². The molecule has 1 heterocycles. The van der Waals surface area contributed by atoms with Crippen LogP contribution in [-0.2, 0) is 12.0 Å². The molecule has 1 N–H and O–H groups in total. The Kier molecular flexibility index (Phi) is 8.72. The molecule has 8 heteroatoms. The van der Waals surface area contributed by atoms with E-state index in [1.807, 2.05) is 41.0 Å². The van der Waals surface area contributed by atoms with Crippen LogP contribution in [0.4, 0.5) is 0 Å². The Morgan fingerprint density at radius 1 is 1.06 bits per heavy atom. The van der Waals surface area contributed by atoms with E-state index in [1.54, 1.807) is 18.7 Å². The number of imidazole rings is 1. The monoisotopic (exact) mass is 496 g/mol. The molecule has 0 spiro atoms. The SMILES string of the molecule is CC(C)(c1ccc(OCC(O)Cn2ccnc2)cc1)c1cc(Cl)c(OCCCCl)c(Cl)c1. The largest absolute Gasteiger partial charge is 0.491 e. The van der Waals surface area contributed by atoms with Gasteiger partial charge in [-0.3, -0.25) is 0 Å². The highest BCUT2D eigenvalue weighted by Gasteiger charge is 2.25. The van der Waals surface area contributed by atoms with E-state index in [1.165, 1.54) is 0 Å². The standard InChI is InChI=1S/C24H27Cl3N2O3/c1-24(2,18-12-21(26)23(22(27)13-18)31-11-3-8-25)17-4-6-20(7-5-17)32-15-19(30)14-29-10-9-28-16-29/h4-7,9-10,12-13,16,19,30H,3,8,11,14-15H2,1-2H3. The number of benzene rings is 2. The highest BCUT2D eigenvalue weighted by Crippen LogP contribution is 2.40. The van der Waals surface area contributed by atoms with Gasteiger partial charge in [0.05, 0.1) is 29.5 Å². The lowest BCUT2D eigenvalue weighted by atomic mass is 9.78. The van der Waals surface area contributed by atoms with Gasteiger partial charge in [0.25, 0.3) is 0 Å². The van der Waals surface area contributed by atoms with E-state index in [-0.39, 0.29) is 12.0 Å². The minimum absolute atomic E-state index is 0.192. The van der Waals surface area contributed by atoms with Gasteiger partial charge in [0, 0.05) is 23.7 Å². The van der Waals surface area contributed by atoms with Gasteiger partial charge in [0.15, 0.2) is 5.75 Å². The highest BCUT2D eigenvalue weighted by molar-refractivity contribution is 6.37. The van der Waals surface area contributed by atoms with Crippen molar-refractivity contribution in [2.45, 2.75) is 38.3 Å². The summed E-state index contributed by atoms with van der Waals surface area (Å²) in [6.07, 6.45) is 5.23. The number of rotatable bonds is 11. The van der Waals surface area contributed by atoms with E-state index in [4.69, 9.17) is 44.3 Å². The molecule has 32 heavy (non-hydrogen) atoms. The van der Waals surface area contributed by atoms with E-state index >= 15 is 0 Å². The molecule has 0 saturated heterocycles. The van der Waals surface area contributed by atoms with Crippen molar-refractivity contribution in [3.05, 3.63) is 76.3 Å². The third kappa shape index (κ3) is 6.32. The molecule has 1 atom stereocenters. The van der Waals surface area contributed by atoms with Crippen LogP contribution in [0.2, 0.25) is 10.0 Å². The average Bonchev–Trinajstić information content (AvgIpc) is 3.27. The summed E-state index contributed by atoms with van der Waals surface area (Å²) in [6, 6.07) is 11.6. The van der Waals surface area contributed by atoms with Gasteiger partial charge in [-0.25, -0.2) is 4.98 Å². The minimum atomic E-state index is -0.630. The third-order valence-corrected chi connectivity index (χ3v) is 6.07. The van der Waals surface area contributed by atoms with Gasteiger partial charge in [-0.2, -0.15) is 0 Å². The minimum Gasteiger partial charge on any atom is -0.491 e. The second-order valence-electron chi connectivity index (χ2n) is 8.03. The quantitative estimate of drug-likeness (QED) is 0.262. The van der Waals surface area contributed by atoms with Crippen molar-refractivity contribution >= 4 is 34.8 Å². The Hall–Kier alpha value is -1.92. The first-order valence-corrected chi connectivity index (χ1v) is 11.7. The van der Waals surface area contributed by atoms with Crippen molar-refractivity contribution < 1.29 is 14.6 Å². The molecule has 1 unspecified atom stereocenters. The molecule has 0 saturated carbocycles. The summed E-state index contributed by atoms with van der Waals surface area (Å²) >= 11 is 18.6. The lowest BCUT2D eigenvalue weighted by Crippen LogP contribution is -2.23. The van der Waals surface area contributed by atoms with Crippen LogP contribution in [0.15, 0.2) is 55.1 Å². The molecule has 0 fully saturated rings. The Morgan fingerprint density at radius 2 is 1.75 bits per heavy atom. The van der Waals surface area contributed by atoms with Crippen molar-refractivity contribution in [2.75, 3.05) is 19.1 Å². The van der Waals surface area contributed by atoms with Crippen LogP contribution in [0.5, 0.6) is 11.5 Å². The van der Waals surface area contributed by atoms with Gasteiger partial charge in [-0.05, 0) is 41.8 Å². The van der Waals surface area contributed by atoms with Crippen molar-refractivity contribution in [3.8, 4) is 11.5 Å². The Balaban J connectivity index is 1.66. The predicted molar refractivity (Wildman–Crippen MR) is 130 cm³/mol. The van der Waals surface area contributed by atoms with E-state index < -0.39 is 6.10 Å². The zero-order chi connectivity index (χ0) is 23.1. The lowest BCUT2D eigenvalue weighted by molar-refractivity contribution is 0.0924. The molecule has 0 bridgehead atoms. The Bertz CT molecular complexity index is 969. The molecule has 3 aromatic rings. The third-order valence-electron chi connectivity index (χ3n) is 5.24. The van der Waals surface area contributed by atoms with E-state index in [0.29, 0.717) is 40.6 Å². The molecule has 5 nitrogen and oxygen atoms in total. The fourth-order valence-electron chi connectivity index (χ4n) is 3.31. The highest BCUT2D eigenvalue weighted by atomic mass is 35.5. The predicted octanol–water partition coefficient (Wildman–Crippen LogP) is 5.96. The van der Waals surface area contributed by atoms with Crippen LogP contribution in [0.1, 0.15) is 31.4 Å². The van der Waals surface area contributed by atoms with Crippen molar-refractivity contribution in [3.63, 3.8) is 0 Å². The summed E-state index contributed by atoms with van der Waals surface area (Å²) in [6.45, 7) is 5.29. The molecule has 0 aliphatic carbocycles. The zero-order valence-electron chi connectivity index (χ0n) is 18.1. The van der Waals surface area contributed by atoms with Gasteiger partial charge in [0.2, 0.25) is 0 Å². The van der Waals surface area contributed by atoms with E-state index in [9.17, 15) is 5.11 Å². The number of nitrogens with zero attached hydrogens (tertiary/aromatic N) is 2. The lowest BCUT2D eigenvalue weighted by Gasteiger charge is -2.27. The number of hydrogen-bond acceptors (Lipinski definition) is 4. The van der Waals surface area contributed by atoms with Crippen LogP contribution in [0.25, 0.3) is 0 Å². The molecule has 0 amide bonds. The van der Waals surface area contributed by atoms with Gasteiger partial charge >= 0.3 is 0 Å². The van der Waals surface area contributed by atoms with Gasteiger partial charge in [-0.1, -0.05) is 49.2 Å². The summed E-state index contributed by atoms with van der Waals surface area (Å²) in [7, 11) is 0. The smallest absolute Gasteiger partial charge is 0.156 e. The molecule has 0 radical (unpaired) electrons. The molecule has 0 aliphatic rings. The zero-order valence-corrected chi connectivity index (χ0v) is 20.4. The molecular formula is C24H27Cl3N2O3. The molecule has 3 rings (SSSR count). The summed E-state index contributed by atoms with van der Waals surface area (Å²) in [5, 5.41) is 11.1. The van der Waals surface area contributed by atoms with E-state index in [2.05, 4.69) is 18.8 Å². The van der Waals surface area contributed by atoms with Crippen molar-refractivity contribution in [1.29, 1.82) is 0 Å². The molecule has 0 aliphatic heterocycles. The fourth-order valence-corrected chi connectivity index (χ4v) is 4.01. The molecule has 2 aromatic carbocycles. The first-order valence-electron chi connectivity index (χ1n) is 10.4. The first-order chi connectivity index (χ1) is 15.3. The van der Waals surface area contributed by atoms with Gasteiger partial charge in [0.1, 0.15) is 18.5 Å². The number of aliphatic hydroxyl groups excluding tert-OH is 1. The number of hydrogen-bond donors (Lipinski definition) is 1. The summed E-state index contributed by atoms with van der Waals surface area (Å²) in [4.78, 5) is 3.97. The maximum absolute atomic E-state index is 10.1.